The summed E-state index contributed by atoms with van der Waals surface area (Å²) in [6, 6.07) is 0. The van der Waals surface area contributed by atoms with Gasteiger partial charge >= 0.3 is 5.97 Å². The molecule has 18 heavy (non-hydrogen) atoms. The minimum atomic E-state index is -0.261. The van der Waals surface area contributed by atoms with Crippen molar-refractivity contribution in [1.82, 2.24) is 0 Å². The van der Waals surface area contributed by atoms with Gasteiger partial charge in [0.15, 0.2) is 0 Å². The van der Waals surface area contributed by atoms with Crippen molar-refractivity contribution in [2.24, 2.45) is 0 Å². The first-order valence-electron chi connectivity index (χ1n) is 6.51. The van der Waals surface area contributed by atoms with Crippen LogP contribution in [0, 0.1) is 0 Å². The van der Waals surface area contributed by atoms with Crippen LogP contribution >= 0.6 is 0 Å². The van der Waals surface area contributed by atoms with E-state index in [2.05, 4.69) is 13.5 Å². The summed E-state index contributed by atoms with van der Waals surface area (Å²) in [6.45, 7) is 7.99. The first kappa shape index (κ1) is 22.4. The minimum absolute atomic E-state index is 0. The molecule has 0 aromatic rings. The molecule has 110 valence electrons. The van der Waals surface area contributed by atoms with E-state index in [0.717, 1.165) is 12.8 Å². The third kappa shape index (κ3) is 15.2. The average molecular weight is 258 g/mol. The molecule has 0 radical (unpaired) electrons. The quantitative estimate of drug-likeness (QED) is 0.293. The fraction of sp³-hybridized carbons (Fsp3) is 0.812. The fourth-order valence-corrected chi connectivity index (χ4v) is 1.52. The molecule has 0 aliphatic rings. The molecule has 0 bridgehead atoms. The molecule has 0 saturated carbocycles. The molecule has 0 spiro atoms. The average Bonchev–Trinajstić information content (AvgIpc) is 2.26. The topological polar surface area (TPSA) is 26.3 Å². The number of unbranched alkanes of at least 4 members (excludes halogenated alkanes) is 7. The molecule has 0 N–H and O–H groups in total. The molecule has 0 aromatic carbocycles. The summed E-state index contributed by atoms with van der Waals surface area (Å²) >= 11 is 0. The molecule has 0 fully saturated rings. The maximum atomic E-state index is 11.0. The van der Waals surface area contributed by atoms with Crippen molar-refractivity contribution < 1.29 is 9.53 Å². The van der Waals surface area contributed by atoms with E-state index in [9.17, 15) is 4.79 Å². The van der Waals surface area contributed by atoms with Crippen LogP contribution in [0.4, 0.5) is 0 Å². The molecule has 0 heterocycles. The van der Waals surface area contributed by atoms with Gasteiger partial charge in [-0.1, -0.05) is 73.3 Å². The molecular weight excluding hydrogens is 224 g/mol. The van der Waals surface area contributed by atoms with Gasteiger partial charge in [-0.3, -0.25) is 0 Å². The Labute approximate surface area is 115 Å². The molecule has 2 nitrogen and oxygen atoms in total. The second-order valence-electron chi connectivity index (χ2n) is 4.39. The smallest absolute Gasteiger partial charge is 0.333 e. The number of carbonyl (C=O) groups excluding carboxylic acids is 1. The second-order valence-corrected chi connectivity index (χ2v) is 4.39. The summed E-state index contributed by atoms with van der Waals surface area (Å²) in [4.78, 5) is 11.0. The first-order valence-corrected chi connectivity index (χ1v) is 6.51. The van der Waals surface area contributed by atoms with Gasteiger partial charge < -0.3 is 4.74 Å². The molecular formula is C16H34O2. The zero-order valence-corrected chi connectivity index (χ0v) is 10.9. The first-order chi connectivity index (χ1) is 7.68. The Kier molecular flexibility index (Phi) is 20.2. The lowest BCUT2D eigenvalue weighted by molar-refractivity contribution is -0.139. The predicted octanol–water partition coefficient (Wildman–Crippen LogP) is 5.52. The summed E-state index contributed by atoms with van der Waals surface area (Å²) < 4.78 is 5.01. The van der Waals surface area contributed by atoms with Crippen LogP contribution in [0.3, 0.4) is 0 Å². The number of carbonyl (C=O) groups is 1. The van der Waals surface area contributed by atoms with Crippen molar-refractivity contribution in [2.45, 2.75) is 80.1 Å². The standard InChI is InChI=1S/C14H26O2.2CH4/c1-4-5-6-7-8-9-10-11-12-16-14(15)13(2)3;;/h2,4-12H2,1,3H3;2*1H4. The SMILES string of the molecule is C.C.C=C(C)C(=O)OCCCCCCCCCC. The number of hydrogen-bond donors (Lipinski definition) is 0. The highest BCUT2D eigenvalue weighted by atomic mass is 16.5. The maximum Gasteiger partial charge on any atom is 0.333 e. The molecule has 0 aromatic heterocycles. The summed E-state index contributed by atoms with van der Waals surface area (Å²) in [7, 11) is 0. The highest BCUT2D eigenvalue weighted by Gasteiger charge is 2.01. The lowest BCUT2D eigenvalue weighted by Gasteiger charge is -2.04. The van der Waals surface area contributed by atoms with Crippen LogP contribution in [0.15, 0.2) is 12.2 Å². The van der Waals surface area contributed by atoms with E-state index in [1.54, 1.807) is 6.92 Å². The molecule has 0 amide bonds. The van der Waals surface area contributed by atoms with Gasteiger partial charge in [0, 0.05) is 5.57 Å². The highest BCUT2D eigenvalue weighted by Crippen LogP contribution is 2.08. The van der Waals surface area contributed by atoms with Gasteiger partial charge in [-0.15, -0.1) is 0 Å². The van der Waals surface area contributed by atoms with E-state index in [1.165, 1.54) is 38.5 Å². The van der Waals surface area contributed by atoms with E-state index >= 15 is 0 Å². The van der Waals surface area contributed by atoms with Crippen LogP contribution in [0.1, 0.15) is 80.1 Å². The lowest BCUT2D eigenvalue weighted by Crippen LogP contribution is -2.05. The van der Waals surface area contributed by atoms with E-state index in [0.29, 0.717) is 12.2 Å². The molecule has 0 aliphatic heterocycles. The summed E-state index contributed by atoms with van der Waals surface area (Å²) in [5.41, 5.74) is 0.486. The van der Waals surface area contributed by atoms with E-state index in [4.69, 9.17) is 4.74 Å². The highest BCUT2D eigenvalue weighted by molar-refractivity contribution is 5.86. The van der Waals surface area contributed by atoms with Crippen molar-refractivity contribution in [3.63, 3.8) is 0 Å². The Bertz CT molecular complexity index is 197. The van der Waals surface area contributed by atoms with Gasteiger partial charge in [-0.2, -0.15) is 0 Å². The zero-order chi connectivity index (χ0) is 12.2. The largest absolute Gasteiger partial charge is 0.462 e. The summed E-state index contributed by atoms with van der Waals surface area (Å²) in [5.74, 6) is -0.261. The zero-order valence-electron chi connectivity index (χ0n) is 10.9. The van der Waals surface area contributed by atoms with Crippen LogP contribution < -0.4 is 0 Å². The maximum absolute atomic E-state index is 11.0. The van der Waals surface area contributed by atoms with Crippen molar-refractivity contribution in [1.29, 1.82) is 0 Å². The van der Waals surface area contributed by atoms with Crippen LogP contribution in [0.25, 0.3) is 0 Å². The van der Waals surface area contributed by atoms with Gasteiger partial charge in [0.25, 0.3) is 0 Å². The Balaban J connectivity index is -0.00000112. The molecule has 0 rings (SSSR count). The molecule has 0 unspecified atom stereocenters. The molecule has 2 heteroatoms. The Morgan fingerprint density at radius 2 is 1.39 bits per heavy atom. The van der Waals surface area contributed by atoms with Crippen LogP contribution in [-0.2, 0) is 9.53 Å². The van der Waals surface area contributed by atoms with E-state index < -0.39 is 0 Å². The summed E-state index contributed by atoms with van der Waals surface area (Å²) in [5, 5.41) is 0. The molecule has 0 aliphatic carbocycles. The van der Waals surface area contributed by atoms with Gasteiger partial charge in [0.1, 0.15) is 0 Å². The van der Waals surface area contributed by atoms with Gasteiger partial charge in [0.2, 0.25) is 0 Å². The van der Waals surface area contributed by atoms with Crippen LogP contribution in [-0.4, -0.2) is 12.6 Å². The fourth-order valence-electron chi connectivity index (χ4n) is 1.52. The third-order valence-electron chi connectivity index (χ3n) is 2.58. The lowest BCUT2D eigenvalue weighted by atomic mass is 10.1. The van der Waals surface area contributed by atoms with Crippen molar-refractivity contribution in [2.75, 3.05) is 6.61 Å². The Morgan fingerprint density at radius 3 is 1.83 bits per heavy atom. The number of ether oxygens (including phenoxy) is 1. The number of rotatable bonds is 10. The van der Waals surface area contributed by atoms with E-state index in [-0.39, 0.29) is 20.8 Å². The minimum Gasteiger partial charge on any atom is -0.462 e. The predicted molar refractivity (Wildman–Crippen MR) is 81.8 cm³/mol. The van der Waals surface area contributed by atoms with E-state index in [1.807, 2.05) is 0 Å². The van der Waals surface area contributed by atoms with Crippen LogP contribution in [0.2, 0.25) is 0 Å². The van der Waals surface area contributed by atoms with Gasteiger partial charge in [-0.25, -0.2) is 4.79 Å². The van der Waals surface area contributed by atoms with Crippen LogP contribution in [0.5, 0.6) is 0 Å². The van der Waals surface area contributed by atoms with Crippen molar-refractivity contribution in [3.8, 4) is 0 Å². The normalized spacial score (nSPS) is 9.00. The third-order valence-corrected chi connectivity index (χ3v) is 2.58. The van der Waals surface area contributed by atoms with Crippen molar-refractivity contribution in [3.05, 3.63) is 12.2 Å². The molecule has 0 atom stereocenters. The molecule has 0 saturated heterocycles. The summed E-state index contributed by atoms with van der Waals surface area (Å²) in [6.07, 6.45) is 10.1. The van der Waals surface area contributed by atoms with Crippen molar-refractivity contribution >= 4 is 5.97 Å². The van der Waals surface area contributed by atoms with Gasteiger partial charge in [0.05, 0.1) is 6.61 Å². The van der Waals surface area contributed by atoms with Gasteiger partial charge in [-0.05, 0) is 13.3 Å². The second kappa shape index (κ2) is 16.2. The number of esters is 1. The Morgan fingerprint density at radius 1 is 0.944 bits per heavy atom. The number of hydrogen-bond acceptors (Lipinski definition) is 2. The monoisotopic (exact) mass is 258 g/mol. The Hall–Kier alpha value is -0.790.